The summed E-state index contributed by atoms with van der Waals surface area (Å²) in [7, 11) is -1.43. The number of nitrogens with zero attached hydrogens (tertiary/aromatic N) is 1. The van der Waals surface area contributed by atoms with E-state index in [2.05, 4.69) is 23.6 Å². The Hall–Kier alpha value is -0.470. The minimum atomic E-state index is -3.49. The van der Waals surface area contributed by atoms with Crippen molar-refractivity contribution in [2.75, 3.05) is 13.6 Å². The fraction of sp³-hybridized carbons (Fsp3) is 0.692. The van der Waals surface area contributed by atoms with E-state index in [1.54, 1.807) is 13.0 Å². The Morgan fingerprint density at radius 3 is 2.80 bits per heavy atom. The highest BCUT2D eigenvalue weighted by Crippen LogP contribution is 2.26. The van der Waals surface area contributed by atoms with Gasteiger partial charge in [0.25, 0.3) is 0 Å². The molecule has 1 aliphatic rings. The lowest BCUT2D eigenvalue weighted by atomic mass is 10.0. The number of aliphatic hydroxyl groups is 1. The van der Waals surface area contributed by atoms with Gasteiger partial charge in [-0.05, 0) is 46.3 Å². The van der Waals surface area contributed by atoms with Gasteiger partial charge in [-0.3, -0.25) is 0 Å². The molecule has 5 nitrogen and oxygen atoms in total. The van der Waals surface area contributed by atoms with Crippen LogP contribution < -0.4 is 4.72 Å². The smallest absolute Gasteiger partial charge is 0.241 e. The first-order chi connectivity index (χ1) is 9.33. The lowest BCUT2D eigenvalue weighted by Gasteiger charge is -2.35. The van der Waals surface area contributed by atoms with Crippen LogP contribution >= 0.6 is 11.3 Å². The maximum Gasteiger partial charge on any atom is 0.241 e. The standard InChI is InChI=1S/C13H22N2O3S2/c1-9-6-11(4-5-15(9)3)14-20(17,18)13-7-12(8-16)19-10(13)2/h7,9,11,14,16H,4-6,8H2,1-3H3. The van der Waals surface area contributed by atoms with E-state index in [0.717, 1.165) is 24.3 Å². The van der Waals surface area contributed by atoms with Crippen LogP contribution in [0.1, 0.15) is 29.5 Å². The Bertz CT molecular complexity index is 568. The molecular weight excluding hydrogens is 296 g/mol. The zero-order valence-electron chi connectivity index (χ0n) is 12.1. The van der Waals surface area contributed by atoms with Gasteiger partial charge in [-0.1, -0.05) is 0 Å². The maximum atomic E-state index is 12.4. The van der Waals surface area contributed by atoms with E-state index in [1.165, 1.54) is 11.3 Å². The van der Waals surface area contributed by atoms with Crippen molar-refractivity contribution in [3.8, 4) is 0 Å². The third kappa shape index (κ3) is 3.40. The Balaban J connectivity index is 2.13. The van der Waals surface area contributed by atoms with Crippen molar-refractivity contribution in [2.45, 2.75) is 50.3 Å². The second-order valence-electron chi connectivity index (χ2n) is 5.46. The molecule has 2 heterocycles. The molecule has 2 N–H and O–H groups in total. The van der Waals surface area contributed by atoms with Crippen LogP contribution in [0.25, 0.3) is 0 Å². The number of hydrogen-bond acceptors (Lipinski definition) is 5. The summed E-state index contributed by atoms with van der Waals surface area (Å²) < 4.78 is 27.7. The summed E-state index contributed by atoms with van der Waals surface area (Å²) in [5, 5.41) is 9.12. The van der Waals surface area contributed by atoms with Crippen LogP contribution in [0, 0.1) is 6.92 Å². The molecule has 0 radical (unpaired) electrons. The summed E-state index contributed by atoms with van der Waals surface area (Å²) in [6.45, 7) is 4.67. The molecule has 2 unspecified atom stereocenters. The highest BCUT2D eigenvalue weighted by Gasteiger charge is 2.28. The quantitative estimate of drug-likeness (QED) is 0.878. The number of nitrogens with one attached hydrogen (secondary N) is 1. The van der Waals surface area contributed by atoms with Gasteiger partial charge in [0.1, 0.15) is 0 Å². The van der Waals surface area contributed by atoms with Crippen LogP contribution in [0.15, 0.2) is 11.0 Å². The molecule has 0 spiro atoms. The average molecular weight is 318 g/mol. The van der Waals surface area contributed by atoms with Gasteiger partial charge in [0.05, 0.1) is 11.5 Å². The van der Waals surface area contributed by atoms with Gasteiger partial charge < -0.3 is 10.0 Å². The maximum absolute atomic E-state index is 12.4. The van der Waals surface area contributed by atoms with Gasteiger partial charge >= 0.3 is 0 Å². The molecule has 0 saturated carbocycles. The number of aryl methyl sites for hydroxylation is 1. The van der Waals surface area contributed by atoms with E-state index in [9.17, 15) is 8.42 Å². The molecule has 1 aliphatic heterocycles. The van der Waals surface area contributed by atoms with E-state index in [0.29, 0.717) is 15.8 Å². The van der Waals surface area contributed by atoms with Crippen molar-refractivity contribution in [1.82, 2.24) is 9.62 Å². The molecular formula is C13H22N2O3S2. The first-order valence-electron chi connectivity index (χ1n) is 6.76. The molecule has 1 aromatic heterocycles. The van der Waals surface area contributed by atoms with E-state index in [-0.39, 0.29) is 12.6 Å². The van der Waals surface area contributed by atoms with Crippen LogP contribution in [0.5, 0.6) is 0 Å². The number of sulfonamides is 1. The second-order valence-corrected chi connectivity index (χ2v) is 8.49. The van der Waals surface area contributed by atoms with E-state index >= 15 is 0 Å². The van der Waals surface area contributed by atoms with Crippen molar-refractivity contribution >= 4 is 21.4 Å². The van der Waals surface area contributed by atoms with Crippen molar-refractivity contribution in [1.29, 1.82) is 0 Å². The summed E-state index contributed by atoms with van der Waals surface area (Å²) in [6, 6.07) is 1.94. The number of piperidine rings is 1. The molecule has 0 aromatic carbocycles. The van der Waals surface area contributed by atoms with E-state index in [1.807, 2.05) is 0 Å². The van der Waals surface area contributed by atoms with Gasteiger partial charge in [-0.2, -0.15) is 0 Å². The molecule has 1 fully saturated rings. The topological polar surface area (TPSA) is 69.6 Å². The highest BCUT2D eigenvalue weighted by atomic mass is 32.2. The van der Waals surface area contributed by atoms with Crippen LogP contribution in [0.2, 0.25) is 0 Å². The molecule has 0 bridgehead atoms. The predicted molar refractivity (Wildman–Crippen MR) is 80.4 cm³/mol. The van der Waals surface area contributed by atoms with Crippen molar-refractivity contribution in [3.05, 3.63) is 15.8 Å². The van der Waals surface area contributed by atoms with Gasteiger partial charge in [-0.15, -0.1) is 11.3 Å². The van der Waals surface area contributed by atoms with E-state index < -0.39 is 10.0 Å². The fourth-order valence-corrected chi connectivity index (χ4v) is 5.33. The second kappa shape index (κ2) is 6.11. The molecule has 2 atom stereocenters. The molecule has 7 heteroatoms. The zero-order valence-corrected chi connectivity index (χ0v) is 13.7. The number of hydrogen-bond donors (Lipinski definition) is 2. The summed E-state index contributed by atoms with van der Waals surface area (Å²) in [6.07, 6.45) is 1.65. The Labute approximate surface area is 124 Å². The lowest BCUT2D eigenvalue weighted by Crippen LogP contribution is -2.47. The van der Waals surface area contributed by atoms with Gasteiger partial charge in [0, 0.05) is 21.8 Å². The molecule has 0 amide bonds. The zero-order chi connectivity index (χ0) is 14.9. The highest BCUT2D eigenvalue weighted by molar-refractivity contribution is 7.89. The summed E-state index contributed by atoms with van der Waals surface area (Å²) >= 11 is 1.33. The Kier molecular flexibility index (Phi) is 4.86. The molecule has 20 heavy (non-hydrogen) atoms. The molecule has 0 aliphatic carbocycles. The summed E-state index contributed by atoms with van der Waals surface area (Å²) in [5.41, 5.74) is 0. The lowest BCUT2D eigenvalue weighted by molar-refractivity contribution is 0.178. The monoisotopic (exact) mass is 318 g/mol. The molecule has 1 aromatic rings. The predicted octanol–water partition coefficient (Wildman–Crippen LogP) is 1.31. The largest absolute Gasteiger partial charge is 0.391 e. The van der Waals surface area contributed by atoms with E-state index in [4.69, 9.17) is 5.11 Å². The average Bonchev–Trinajstić information content (AvgIpc) is 2.76. The third-order valence-electron chi connectivity index (χ3n) is 3.90. The van der Waals surface area contributed by atoms with Crippen LogP contribution in [0.4, 0.5) is 0 Å². The van der Waals surface area contributed by atoms with Gasteiger partial charge in [-0.25, -0.2) is 13.1 Å². The normalized spacial score (nSPS) is 25.0. The number of rotatable bonds is 4. The van der Waals surface area contributed by atoms with Crippen molar-refractivity contribution in [3.63, 3.8) is 0 Å². The number of aliphatic hydroxyl groups excluding tert-OH is 1. The van der Waals surface area contributed by atoms with Crippen LogP contribution in [-0.2, 0) is 16.6 Å². The van der Waals surface area contributed by atoms with Gasteiger partial charge in [0.15, 0.2) is 0 Å². The molecule has 2 rings (SSSR count). The minimum absolute atomic E-state index is 0.0110. The van der Waals surface area contributed by atoms with Gasteiger partial charge in [0.2, 0.25) is 10.0 Å². The van der Waals surface area contributed by atoms with Crippen molar-refractivity contribution < 1.29 is 13.5 Å². The third-order valence-corrected chi connectivity index (χ3v) is 6.71. The Morgan fingerprint density at radius 1 is 1.55 bits per heavy atom. The minimum Gasteiger partial charge on any atom is -0.391 e. The Morgan fingerprint density at radius 2 is 2.25 bits per heavy atom. The summed E-state index contributed by atoms with van der Waals surface area (Å²) in [4.78, 5) is 3.95. The van der Waals surface area contributed by atoms with Crippen molar-refractivity contribution in [2.24, 2.45) is 0 Å². The first-order valence-corrected chi connectivity index (χ1v) is 9.06. The number of thiophene rings is 1. The molecule has 1 saturated heterocycles. The number of likely N-dealkylation sites (tertiary alicyclic amines) is 1. The first kappa shape index (κ1) is 15.9. The fourth-order valence-electron chi connectivity index (χ4n) is 2.55. The summed E-state index contributed by atoms with van der Waals surface area (Å²) in [5.74, 6) is 0. The SMILES string of the molecule is Cc1sc(CO)cc1S(=O)(=O)NC1CCN(C)C(C)C1. The van der Waals surface area contributed by atoms with Crippen LogP contribution in [0.3, 0.4) is 0 Å². The van der Waals surface area contributed by atoms with Crippen LogP contribution in [-0.4, -0.2) is 44.1 Å². The molecule has 114 valence electrons.